The van der Waals surface area contributed by atoms with Crippen molar-refractivity contribution in [2.75, 3.05) is 88.1 Å². The highest BCUT2D eigenvalue weighted by molar-refractivity contribution is 5.95. The lowest BCUT2D eigenvalue weighted by Crippen LogP contribution is -2.53. The lowest BCUT2D eigenvalue weighted by atomic mass is 10.0. The summed E-state index contributed by atoms with van der Waals surface area (Å²) in [7, 11) is 9.89. The van der Waals surface area contributed by atoms with Gasteiger partial charge in [0.1, 0.15) is 70.9 Å². The summed E-state index contributed by atoms with van der Waals surface area (Å²) in [6.07, 6.45) is 19.3. The number of ketones is 1. The summed E-state index contributed by atoms with van der Waals surface area (Å²) in [5, 5.41) is 50.9. The molecule has 5 rings (SSSR count). The van der Waals surface area contributed by atoms with Crippen LogP contribution in [0.2, 0.25) is 0 Å². The number of likely N-dealkylation sites (tertiary alicyclic amines) is 4. The summed E-state index contributed by atoms with van der Waals surface area (Å²) in [6.45, 7) is 37.1. The average molecular weight is 1820 g/mol. The molecule has 5 aliphatic rings. The zero-order chi connectivity index (χ0) is 97.9. The number of carbonyl (C=O) groups is 16. The van der Waals surface area contributed by atoms with Gasteiger partial charge in [0.05, 0.1) is 17.9 Å². The van der Waals surface area contributed by atoms with E-state index in [2.05, 4.69) is 91.5 Å². The number of carbonyl (C=O) groups excluding carboxylic acids is 14. The molecule has 734 valence electrons. The lowest BCUT2D eigenvalue weighted by Gasteiger charge is -2.29. The minimum absolute atomic E-state index is 0.0653. The van der Waals surface area contributed by atoms with Gasteiger partial charge in [-0.05, 0) is 217 Å². The number of aliphatic carboxylic acids is 2. The van der Waals surface area contributed by atoms with E-state index in [0.717, 1.165) is 64.3 Å². The molecule has 0 aromatic carbocycles. The predicted molar refractivity (Wildman–Crippen MR) is 490 cm³/mol. The van der Waals surface area contributed by atoms with Gasteiger partial charge >= 0.3 is 30.2 Å². The first kappa shape index (κ1) is 118. The number of hydrogen-bond donors (Lipinski definition) is 15. The van der Waals surface area contributed by atoms with E-state index in [1.807, 2.05) is 53.1 Å². The van der Waals surface area contributed by atoms with Crippen LogP contribution in [0.3, 0.4) is 0 Å². The molecule has 0 radical (unpaired) electrons. The first-order chi connectivity index (χ1) is 59.9. The molecule has 38 nitrogen and oxygen atoms in total. The van der Waals surface area contributed by atoms with Crippen molar-refractivity contribution >= 4 is 95.1 Å². The first-order valence-corrected chi connectivity index (χ1v) is 45.6. The van der Waals surface area contributed by atoms with Crippen molar-refractivity contribution in [3.05, 3.63) is 24.3 Å². The SMILES string of the molecule is CC(C)(C)OC(=O)N1CCCC1C(=O)O.CCC(=O)CCCC(NC(=O)C1CCCN1C(=O)[C@@H](C)/C=C/[C@H](CC(C)C)NC)C(=O)NC.CCC(=O)NCC[C@H](NC(=O)C1CCCN1)C(=O)NC.CCC[C@H](NC(=O)C1CCCN1C(=O)OC(C)(C)C)C(=O)NC.CNC(=O)[C@H](CCN)NC(=O)C1CCCN1C(=O)OC(C)(C)C.CN[C@H](/C=C/[C@H](C)C(=O)O)CC(C)C. The third-order valence-corrected chi connectivity index (χ3v) is 21.0. The molecule has 5 heterocycles. The van der Waals surface area contributed by atoms with Crippen LogP contribution in [0.1, 0.15) is 259 Å². The van der Waals surface area contributed by atoms with Gasteiger partial charge in [0.2, 0.25) is 59.1 Å². The Kier molecular flexibility index (Phi) is 57.2. The van der Waals surface area contributed by atoms with E-state index < -0.39 is 101 Å². The molecular formula is C90H163N17O21. The van der Waals surface area contributed by atoms with E-state index >= 15 is 0 Å². The van der Waals surface area contributed by atoms with Gasteiger partial charge in [-0.25, -0.2) is 19.2 Å². The van der Waals surface area contributed by atoms with Crippen molar-refractivity contribution < 1.29 is 101 Å². The normalized spacial score (nSPS) is 19.0. The molecule has 5 fully saturated rings. The van der Waals surface area contributed by atoms with Gasteiger partial charge in [-0.1, -0.05) is 86.1 Å². The van der Waals surface area contributed by atoms with Gasteiger partial charge in [-0.3, -0.25) is 72.2 Å². The van der Waals surface area contributed by atoms with Crippen molar-refractivity contribution in [2.24, 2.45) is 29.4 Å². The minimum Gasteiger partial charge on any atom is -0.481 e. The summed E-state index contributed by atoms with van der Waals surface area (Å²) >= 11 is 0. The third kappa shape index (κ3) is 47.7. The minimum atomic E-state index is -0.960. The molecule has 5 aliphatic heterocycles. The zero-order valence-corrected chi connectivity index (χ0v) is 81.3. The Balaban J connectivity index is 0.00000155. The second-order valence-corrected chi connectivity index (χ2v) is 36.3. The number of hydrogen-bond acceptors (Lipinski definition) is 23. The summed E-state index contributed by atoms with van der Waals surface area (Å²) < 4.78 is 15.8. The Morgan fingerprint density at radius 3 is 1.14 bits per heavy atom. The molecule has 16 N–H and O–H groups in total. The van der Waals surface area contributed by atoms with E-state index in [9.17, 15) is 76.7 Å². The van der Waals surface area contributed by atoms with Crippen LogP contribution in [-0.4, -0.2) is 296 Å². The van der Waals surface area contributed by atoms with E-state index in [0.29, 0.717) is 122 Å². The van der Waals surface area contributed by atoms with Crippen LogP contribution in [0.5, 0.6) is 0 Å². The van der Waals surface area contributed by atoms with E-state index in [1.54, 1.807) is 94.2 Å². The first-order valence-electron chi connectivity index (χ1n) is 45.6. The molecule has 128 heavy (non-hydrogen) atoms. The smallest absolute Gasteiger partial charge is 0.411 e. The zero-order valence-electron chi connectivity index (χ0n) is 81.3. The number of amides is 13. The Morgan fingerprint density at radius 2 is 0.805 bits per heavy atom. The maximum atomic E-state index is 13.1. The Bertz CT molecular complexity index is 3460. The highest BCUT2D eigenvalue weighted by atomic mass is 16.6. The highest BCUT2D eigenvalue weighted by Gasteiger charge is 2.42. The number of nitrogens with one attached hydrogen (secondary N) is 12. The Labute approximate surface area is 760 Å². The van der Waals surface area contributed by atoms with Gasteiger partial charge in [-0.2, -0.15) is 0 Å². The van der Waals surface area contributed by atoms with Crippen LogP contribution in [0, 0.1) is 23.7 Å². The van der Waals surface area contributed by atoms with E-state index in [-0.39, 0.29) is 95.4 Å². The quantitative estimate of drug-likeness (QED) is 0.0256. The molecule has 0 aromatic rings. The summed E-state index contributed by atoms with van der Waals surface area (Å²) in [4.78, 5) is 197. The molecule has 0 aliphatic carbocycles. The Hall–Kier alpha value is -9.56. The molecule has 0 spiro atoms. The van der Waals surface area contributed by atoms with E-state index in [4.69, 9.17) is 30.2 Å². The molecular weight excluding hydrogens is 1660 g/mol. The number of rotatable bonds is 38. The van der Waals surface area contributed by atoms with Crippen molar-refractivity contribution in [3.8, 4) is 0 Å². The maximum Gasteiger partial charge on any atom is 0.411 e. The fourth-order valence-corrected chi connectivity index (χ4v) is 14.0. The molecule has 13 atom stereocenters. The van der Waals surface area contributed by atoms with Crippen LogP contribution in [0.15, 0.2) is 24.3 Å². The van der Waals surface area contributed by atoms with E-state index in [1.165, 1.54) is 35.8 Å². The average Bonchev–Trinajstić information content (AvgIpc) is 1.70. The maximum absolute atomic E-state index is 13.1. The number of likely N-dealkylation sites (N-methyl/N-ethyl adjacent to an activating group) is 6. The van der Waals surface area contributed by atoms with Crippen molar-refractivity contribution in [1.29, 1.82) is 0 Å². The fraction of sp³-hybridized carbons (Fsp3) is 0.778. The second-order valence-electron chi connectivity index (χ2n) is 36.3. The van der Waals surface area contributed by atoms with Gasteiger partial charge in [-0.15, -0.1) is 0 Å². The largest absolute Gasteiger partial charge is 0.481 e. The molecule has 6 unspecified atom stereocenters. The number of nitrogens with two attached hydrogens (primary N) is 1. The molecule has 0 aromatic heterocycles. The van der Waals surface area contributed by atoms with Gasteiger partial charge < -0.3 is 98.9 Å². The van der Waals surface area contributed by atoms with Gasteiger partial charge in [0.25, 0.3) is 0 Å². The molecule has 0 bridgehead atoms. The van der Waals surface area contributed by atoms with Crippen molar-refractivity contribution in [1.82, 2.24) is 83.4 Å². The lowest BCUT2D eigenvalue weighted by molar-refractivity contribution is -0.142. The standard InChI is InChI=1S/C25H44N4O4.C16H29N3O4.C15H28N4O4.C13H24N4O3.C11H21NO2.C10H17NO4/c1-7-20(30)10-8-11-21(23(31)27-6)28-24(32)22-12-9-15-29(22)25(33)18(4)13-14-19(26-5)16-17(2)3;1-6-8-11(13(20)17-5)18-14(21)12-9-7-10-19(12)15(22)23-16(2,3)4;1-15(2,3)23-14(22)19-9-5-6-11(19)13(21)18-10(7-8-16)12(20)17-4;1-3-11(18)16-8-6-10(12(19)14-2)17-13(20)9-5-4-7-15-9;1-8(2)7-10(12-4)6-5-9(3)11(13)14;1-10(2,3)15-9(14)11-6-4-5-7(11)8(12)13/h13-14,17-19,21-22,26H,7-12,15-16H2,1-6H3,(H,27,31)(H,28,32);11-12H,6-10H2,1-5H3,(H,17,20)(H,18,21);10-11H,5-9,16H2,1-4H3,(H,17,20)(H,18,21);9-10,15H,3-8H2,1-2H3,(H,14,19)(H,16,18)(H,17,20);5-6,8-10,12H,7H2,1-4H3,(H,13,14);7H,4-6H2,1-3H3,(H,12,13)/b14-13+;;;;6-5+;/t18-,19+,21?,22?;11-,12?;10-,11?;9?,10-;9-,10+;/m00000./s1. The van der Waals surface area contributed by atoms with Crippen LogP contribution >= 0.6 is 0 Å². The summed E-state index contributed by atoms with van der Waals surface area (Å²) in [6, 6.07) is -4.83. The molecule has 13 amide bonds. The second kappa shape index (κ2) is 61.9. The van der Waals surface area contributed by atoms with Crippen LogP contribution in [-0.2, 0) is 76.5 Å². The summed E-state index contributed by atoms with van der Waals surface area (Å²) in [5.41, 5.74) is 3.68. The van der Waals surface area contributed by atoms with Crippen molar-refractivity contribution in [3.63, 3.8) is 0 Å². The molecule has 38 heteroatoms. The number of nitrogens with zero attached hydrogens (tertiary/aromatic N) is 4. The van der Waals surface area contributed by atoms with Crippen molar-refractivity contribution in [2.45, 2.75) is 343 Å². The number of carboxylic acid groups (broad SMARTS) is 2. The monoisotopic (exact) mass is 1820 g/mol. The highest BCUT2D eigenvalue weighted by Crippen LogP contribution is 2.26. The Morgan fingerprint density at radius 1 is 0.445 bits per heavy atom. The van der Waals surface area contributed by atoms with Crippen LogP contribution in [0.25, 0.3) is 0 Å². The van der Waals surface area contributed by atoms with Crippen LogP contribution < -0.4 is 69.5 Å². The number of carboxylic acids is 2. The summed E-state index contributed by atoms with van der Waals surface area (Å²) in [5.74, 6) is -3.50. The predicted octanol–water partition coefficient (Wildman–Crippen LogP) is 5.82. The third-order valence-electron chi connectivity index (χ3n) is 21.0. The molecule has 0 saturated carbocycles. The number of Topliss-reactive ketones (excluding diaryl/α,β-unsaturated/α-hetero) is 1. The topological polar surface area (TPSA) is 525 Å². The van der Waals surface area contributed by atoms with Crippen LogP contribution in [0.4, 0.5) is 14.4 Å². The molecule has 5 saturated heterocycles. The van der Waals surface area contributed by atoms with Gasteiger partial charge in [0, 0.05) is 92.3 Å². The van der Waals surface area contributed by atoms with Gasteiger partial charge in [0.15, 0.2) is 0 Å². The fourth-order valence-electron chi connectivity index (χ4n) is 14.0. The number of ether oxygens (including phenoxy) is 3.